The van der Waals surface area contributed by atoms with E-state index in [4.69, 9.17) is 21.1 Å². The predicted molar refractivity (Wildman–Crippen MR) is 182 cm³/mol. The first-order valence-electron chi connectivity index (χ1n) is 15.1. The zero-order valence-electron chi connectivity index (χ0n) is 25.4. The molecule has 1 amide bonds. The molecule has 8 heteroatoms. The number of para-hydroxylation sites is 2. The van der Waals surface area contributed by atoms with E-state index in [2.05, 4.69) is 17.6 Å². The molecule has 0 saturated heterocycles. The van der Waals surface area contributed by atoms with Crippen LogP contribution < -0.4 is 20.1 Å². The number of aliphatic carboxylic acids is 1. The van der Waals surface area contributed by atoms with Crippen LogP contribution in [0.15, 0.2) is 121 Å². The van der Waals surface area contributed by atoms with Gasteiger partial charge in [0.05, 0.1) is 30.3 Å². The fourth-order valence-corrected chi connectivity index (χ4v) is 5.11. The number of benzene rings is 5. The van der Waals surface area contributed by atoms with Gasteiger partial charge in [0.15, 0.2) is 0 Å². The van der Waals surface area contributed by atoms with E-state index in [0.29, 0.717) is 28.6 Å². The number of carbonyl (C=O) groups is 2. The lowest BCUT2D eigenvalue weighted by Gasteiger charge is -2.20. The minimum absolute atomic E-state index is 0.281. The molecule has 0 fully saturated rings. The molecule has 0 aliphatic heterocycles. The Kier molecular flexibility index (Phi) is 10.9. The number of amides is 1. The molecule has 0 saturated carbocycles. The van der Waals surface area contributed by atoms with Crippen LogP contribution in [0.1, 0.15) is 48.1 Å². The molecule has 5 aromatic carbocycles. The largest absolute Gasteiger partial charge is 0.494 e. The van der Waals surface area contributed by atoms with Gasteiger partial charge in [0.25, 0.3) is 5.91 Å². The van der Waals surface area contributed by atoms with Crippen molar-refractivity contribution in [3.05, 3.63) is 137 Å². The van der Waals surface area contributed by atoms with Crippen molar-refractivity contribution in [2.45, 2.75) is 32.2 Å². The Hall–Kier alpha value is -5.27. The Balaban J connectivity index is 1.36. The third-order valence-electron chi connectivity index (χ3n) is 7.27. The van der Waals surface area contributed by atoms with Crippen LogP contribution in [0, 0.1) is 0 Å². The van der Waals surface area contributed by atoms with E-state index in [1.807, 2.05) is 103 Å². The number of ether oxygens (including phenoxy) is 2. The second kappa shape index (κ2) is 15.6. The second-order valence-electron chi connectivity index (χ2n) is 10.7. The van der Waals surface area contributed by atoms with Crippen molar-refractivity contribution < 1.29 is 24.2 Å². The first-order valence-corrected chi connectivity index (χ1v) is 15.5. The lowest BCUT2D eigenvalue weighted by atomic mass is 9.98. The monoisotopic (exact) mass is 634 g/mol. The summed E-state index contributed by atoms with van der Waals surface area (Å²) in [6.07, 6.45) is 1.68. The van der Waals surface area contributed by atoms with Crippen LogP contribution in [0.2, 0.25) is 5.02 Å². The maximum Gasteiger partial charge on any atom is 0.305 e. The molecule has 3 N–H and O–H groups in total. The molecular formula is C38H35ClN2O5. The van der Waals surface area contributed by atoms with Gasteiger partial charge >= 0.3 is 5.97 Å². The van der Waals surface area contributed by atoms with Crippen LogP contribution in [0.5, 0.6) is 17.2 Å². The predicted octanol–water partition coefficient (Wildman–Crippen LogP) is 9.67. The zero-order valence-corrected chi connectivity index (χ0v) is 26.2. The van der Waals surface area contributed by atoms with Gasteiger partial charge in [-0.15, -0.1) is 0 Å². The normalized spacial score (nSPS) is 11.3. The van der Waals surface area contributed by atoms with Crippen molar-refractivity contribution in [2.75, 3.05) is 11.9 Å². The van der Waals surface area contributed by atoms with Gasteiger partial charge in [-0.05, 0) is 66.1 Å². The lowest BCUT2D eigenvalue weighted by Crippen LogP contribution is -2.30. The summed E-state index contributed by atoms with van der Waals surface area (Å²) >= 11 is 6.31. The minimum Gasteiger partial charge on any atom is -0.494 e. The third kappa shape index (κ3) is 8.67. The maximum absolute atomic E-state index is 13.7. The van der Waals surface area contributed by atoms with E-state index in [9.17, 15) is 14.7 Å². The number of carboxylic acid groups (broad SMARTS) is 1. The van der Waals surface area contributed by atoms with Crippen molar-refractivity contribution in [3.63, 3.8) is 0 Å². The number of halogens is 1. The van der Waals surface area contributed by atoms with Gasteiger partial charge in [-0.2, -0.15) is 0 Å². The van der Waals surface area contributed by atoms with Crippen LogP contribution >= 0.6 is 11.6 Å². The van der Waals surface area contributed by atoms with Crippen LogP contribution in [-0.2, 0) is 4.79 Å². The topological polar surface area (TPSA) is 96.9 Å². The summed E-state index contributed by atoms with van der Waals surface area (Å²) in [5, 5.41) is 16.3. The van der Waals surface area contributed by atoms with E-state index < -0.39 is 17.9 Å². The van der Waals surface area contributed by atoms with E-state index >= 15 is 0 Å². The molecule has 5 rings (SSSR count). The summed E-state index contributed by atoms with van der Waals surface area (Å²) < 4.78 is 12.0. The molecule has 1 unspecified atom stereocenters. The highest BCUT2D eigenvalue weighted by Crippen LogP contribution is 2.34. The molecule has 1 atom stereocenters. The smallest absolute Gasteiger partial charge is 0.305 e. The van der Waals surface area contributed by atoms with E-state index in [1.54, 1.807) is 18.2 Å². The van der Waals surface area contributed by atoms with Gasteiger partial charge in [-0.3, -0.25) is 9.59 Å². The average Bonchev–Trinajstić information content (AvgIpc) is 3.06. The molecule has 234 valence electrons. The van der Waals surface area contributed by atoms with Gasteiger partial charge in [0, 0.05) is 22.3 Å². The summed E-state index contributed by atoms with van der Waals surface area (Å²) in [5.74, 6) is 0.629. The number of unbranched alkanes of at least 4 members (excludes halogenated alkanes) is 1. The molecule has 0 aliphatic carbocycles. The molecule has 0 heterocycles. The fraction of sp³-hybridized carbons (Fsp3) is 0.158. The van der Waals surface area contributed by atoms with Crippen LogP contribution in [0.25, 0.3) is 11.1 Å². The van der Waals surface area contributed by atoms with Crippen molar-refractivity contribution in [1.82, 2.24) is 5.32 Å². The average molecular weight is 635 g/mol. The standard InChI is InChI=1S/C38H35ClN2O5/c1-2-3-22-45-31-13-9-10-29(24-31)40-34-21-20-28(39)23-33(34)38(44)41-35(25-37(42)43)27-18-16-26(17-19-27)32-14-7-8-15-36(32)46-30-11-5-4-6-12-30/h4-21,23-24,35,40H,2-3,22,25H2,1H3,(H,41,44)(H,42,43). The molecule has 0 spiro atoms. The number of nitrogens with one attached hydrogen (secondary N) is 2. The summed E-state index contributed by atoms with van der Waals surface area (Å²) in [7, 11) is 0. The highest BCUT2D eigenvalue weighted by molar-refractivity contribution is 6.31. The summed E-state index contributed by atoms with van der Waals surface area (Å²) in [6.45, 7) is 2.72. The van der Waals surface area contributed by atoms with Crippen molar-refractivity contribution >= 4 is 34.9 Å². The molecule has 5 aromatic rings. The Bertz CT molecular complexity index is 1780. The molecule has 0 aromatic heterocycles. The SMILES string of the molecule is CCCCOc1cccc(Nc2ccc(Cl)cc2C(=O)NC(CC(=O)O)c2ccc(-c3ccccc3Oc3ccccc3)cc2)c1. The molecular weight excluding hydrogens is 600 g/mol. The quantitative estimate of drug-likeness (QED) is 0.105. The zero-order chi connectivity index (χ0) is 32.3. The number of rotatable bonds is 14. The number of carbonyl (C=O) groups excluding carboxylic acids is 1. The minimum atomic E-state index is -1.04. The summed E-state index contributed by atoms with van der Waals surface area (Å²) in [4.78, 5) is 25.6. The Labute approximate surface area is 273 Å². The van der Waals surface area contributed by atoms with E-state index in [-0.39, 0.29) is 12.0 Å². The number of hydrogen-bond acceptors (Lipinski definition) is 5. The third-order valence-corrected chi connectivity index (χ3v) is 7.51. The molecule has 46 heavy (non-hydrogen) atoms. The molecule has 0 aliphatic rings. The van der Waals surface area contributed by atoms with Gasteiger partial charge < -0.3 is 25.2 Å². The second-order valence-corrected chi connectivity index (χ2v) is 11.1. The Morgan fingerprint density at radius 1 is 0.826 bits per heavy atom. The van der Waals surface area contributed by atoms with Crippen molar-refractivity contribution in [2.24, 2.45) is 0 Å². The Morgan fingerprint density at radius 2 is 1.57 bits per heavy atom. The van der Waals surface area contributed by atoms with Crippen molar-refractivity contribution in [3.8, 4) is 28.4 Å². The number of anilines is 2. The molecule has 0 bridgehead atoms. The van der Waals surface area contributed by atoms with Crippen LogP contribution in [0.4, 0.5) is 11.4 Å². The van der Waals surface area contributed by atoms with E-state index in [0.717, 1.165) is 41.2 Å². The van der Waals surface area contributed by atoms with Gasteiger partial charge in [0.2, 0.25) is 0 Å². The lowest BCUT2D eigenvalue weighted by molar-refractivity contribution is -0.137. The Morgan fingerprint density at radius 3 is 2.33 bits per heavy atom. The number of hydrogen-bond donors (Lipinski definition) is 3. The van der Waals surface area contributed by atoms with E-state index in [1.165, 1.54) is 0 Å². The van der Waals surface area contributed by atoms with Gasteiger partial charge in [-0.1, -0.05) is 91.7 Å². The van der Waals surface area contributed by atoms with Crippen LogP contribution in [-0.4, -0.2) is 23.6 Å². The highest BCUT2D eigenvalue weighted by Gasteiger charge is 2.22. The fourth-order valence-electron chi connectivity index (χ4n) is 4.93. The first kappa shape index (κ1) is 32.1. The maximum atomic E-state index is 13.7. The van der Waals surface area contributed by atoms with Crippen LogP contribution in [0.3, 0.4) is 0 Å². The van der Waals surface area contributed by atoms with Gasteiger partial charge in [0.1, 0.15) is 17.2 Å². The summed E-state index contributed by atoms with van der Waals surface area (Å²) in [6, 6.07) is 36.3. The van der Waals surface area contributed by atoms with Crippen molar-refractivity contribution in [1.29, 1.82) is 0 Å². The number of carboxylic acids is 1. The molecule has 7 nitrogen and oxygen atoms in total. The highest BCUT2D eigenvalue weighted by atomic mass is 35.5. The first-order chi connectivity index (χ1) is 22.4. The van der Waals surface area contributed by atoms with Gasteiger partial charge in [-0.25, -0.2) is 0 Å². The molecule has 0 radical (unpaired) electrons. The summed E-state index contributed by atoms with van der Waals surface area (Å²) in [5.41, 5.74) is 3.95.